The molecule has 0 atom stereocenters. The van der Waals surface area contributed by atoms with Crippen LogP contribution in [0.2, 0.25) is 0 Å². The number of rotatable bonds is 3. The Balaban J connectivity index is 2.12. The Morgan fingerprint density at radius 1 is 1.00 bits per heavy atom. The molecule has 0 radical (unpaired) electrons. The predicted octanol–water partition coefficient (Wildman–Crippen LogP) is 1.92. The van der Waals surface area contributed by atoms with Gasteiger partial charge in [-0.25, -0.2) is 0 Å². The number of anilines is 1. The predicted molar refractivity (Wildman–Crippen MR) is 70.4 cm³/mol. The molecule has 2 aromatic rings. The molecule has 0 saturated heterocycles. The van der Waals surface area contributed by atoms with E-state index in [9.17, 15) is 0 Å². The summed E-state index contributed by atoms with van der Waals surface area (Å²) in [5.74, 6) is 0. The minimum absolute atomic E-state index is 1.09. The first kappa shape index (κ1) is 11.3. The van der Waals surface area contributed by atoms with E-state index in [2.05, 4.69) is 34.3 Å². The van der Waals surface area contributed by atoms with Gasteiger partial charge in [-0.3, -0.25) is 0 Å². The van der Waals surface area contributed by atoms with Crippen molar-refractivity contribution in [2.24, 2.45) is 5.10 Å². The molecule has 0 aliphatic heterocycles. The van der Waals surface area contributed by atoms with Crippen LogP contribution in [0.3, 0.4) is 0 Å². The van der Waals surface area contributed by atoms with Gasteiger partial charge in [0, 0.05) is 31.9 Å². The average Bonchev–Trinajstić information content (AvgIpc) is 2.38. The highest BCUT2D eigenvalue weighted by atomic mass is 15.3. The summed E-state index contributed by atoms with van der Waals surface area (Å²) in [6, 6.07) is 14.1. The highest BCUT2D eigenvalue weighted by Crippen LogP contribution is 2.10. The summed E-state index contributed by atoms with van der Waals surface area (Å²) in [6.45, 7) is 0. The fourth-order valence-electron chi connectivity index (χ4n) is 1.46. The molecule has 0 amide bonds. The molecule has 1 aromatic carbocycles. The Hall–Kier alpha value is -2.16. The SMILES string of the molecule is CN(C)c1ccc(C=N[n+]2ccccc2)cc1. The summed E-state index contributed by atoms with van der Waals surface area (Å²) in [5, 5.41) is 4.33. The van der Waals surface area contributed by atoms with Crippen molar-refractivity contribution in [1.29, 1.82) is 0 Å². The Labute approximate surface area is 102 Å². The van der Waals surface area contributed by atoms with E-state index >= 15 is 0 Å². The van der Waals surface area contributed by atoms with Crippen LogP contribution in [0.5, 0.6) is 0 Å². The van der Waals surface area contributed by atoms with Crippen molar-refractivity contribution in [3.05, 3.63) is 60.4 Å². The highest BCUT2D eigenvalue weighted by Gasteiger charge is 1.96. The van der Waals surface area contributed by atoms with Gasteiger partial charge in [-0.15, -0.1) is 0 Å². The molecular formula is C14H16N3+. The van der Waals surface area contributed by atoms with E-state index < -0.39 is 0 Å². The molecule has 86 valence electrons. The maximum atomic E-state index is 4.33. The fraction of sp³-hybridized carbons (Fsp3) is 0.143. The van der Waals surface area contributed by atoms with E-state index in [0.29, 0.717) is 0 Å². The van der Waals surface area contributed by atoms with Crippen molar-refractivity contribution in [3.8, 4) is 0 Å². The molecule has 1 aromatic heterocycles. The molecule has 0 unspecified atom stereocenters. The lowest BCUT2D eigenvalue weighted by Crippen LogP contribution is -2.25. The summed E-state index contributed by atoms with van der Waals surface area (Å²) in [5.41, 5.74) is 2.28. The first-order valence-corrected chi connectivity index (χ1v) is 5.54. The van der Waals surface area contributed by atoms with E-state index in [4.69, 9.17) is 0 Å². The molecule has 0 aliphatic carbocycles. The molecule has 0 bridgehead atoms. The third-order valence-electron chi connectivity index (χ3n) is 2.45. The summed E-state index contributed by atoms with van der Waals surface area (Å²) in [6.07, 6.45) is 5.66. The summed E-state index contributed by atoms with van der Waals surface area (Å²) in [4.78, 5) is 2.08. The molecule has 0 N–H and O–H groups in total. The highest BCUT2D eigenvalue weighted by molar-refractivity contribution is 5.79. The molecule has 3 heteroatoms. The fourth-order valence-corrected chi connectivity index (χ4v) is 1.46. The topological polar surface area (TPSA) is 19.5 Å². The standard InChI is InChI=1S/C14H16N3/c1-16(2)14-8-6-13(7-9-14)12-15-17-10-4-3-5-11-17/h3-12H,1-2H3/q+1. The van der Waals surface area contributed by atoms with E-state index in [1.807, 2.05) is 50.9 Å². The number of nitrogens with zero attached hydrogens (tertiary/aromatic N) is 3. The number of pyridine rings is 1. The van der Waals surface area contributed by atoms with Gasteiger partial charge in [0.25, 0.3) is 0 Å². The van der Waals surface area contributed by atoms with Gasteiger partial charge in [0.15, 0.2) is 0 Å². The van der Waals surface area contributed by atoms with Gasteiger partial charge in [-0.2, -0.15) is 0 Å². The Kier molecular flexibility index (Phi) is 3.50. The lowest BCUT2D eigenvalue weighted by Gasteiger charge is -2.11. The number of hydrogen-bond acceptors (Lipinski definition) is 2. The van der Waals surface area contributed by atoms with Crippen molar-refractivity contribution >= 4 is 11.9 Å². The van der Waals surface area contributed by atoms with E-state index in [1.54, 1.807) is 4.68 Å². The second-order valence-corrected chi connectivity index (χ2v) is 3.99. The molecule has 3 nitrogen and oxygen atoms in total. The van der Waals surface area contributed by atoms with Crippen LogP contribution in [0.4, 0.5) is 5.69 Å². The zero-order valence-electron chi connectivity index (χ0n) is 10.1. The maximum absolute atomic E-state index is 4.33. The van der Waals surface area contributed by atoms with Gasteiger partial charge < -0.3 is 4.90 Å². The molecule has 0 saturated carbocycles. The monoisotopic (exact) mass is 226 g/mol. The van der Waals surface area contributed by atoms with Crippen molar-refractivity contribution in [2.75, 3.05) is 19.0 Å². The second-order valence-electron chi connectivity index (χ2n) is 3.99. The maximum Gasteiger partial charge on any atom is 0.202 e. The van der Waals surface area contributed by atoms with Crippen LogP contribution < -0.4 is 9.58 Å². The van der Waals surface area contributed by atoms with Crippen LogP contribution >= 0.6 is 0 Å². The van der Waals surface area contributed by atoms with E-state index in [-0.39, 0.29) is 0 Å². The zero-order valence-corrected chi connectivity index (χ0v) is 10.1. The quantitative estimate of drug-likeness (QED) is 0.578. The summed E-state index contributed by atoms with van der Waals surface area (Å²) >= 11 is 0. The minimum Gasteiger partial charge on any atom is -0.378 e. The summed E-state index contributed by atoms with van der Waals surface area (Å²) < 4.78 is 1.78. The van der Waals surface area contributed by atoms with Crippen LogP contribution in [0.15, 0.2) is 60.0 Å². The summed E-state index contributed by atoms with van der Waals surface area (Å²) in [7, 11) is 4.06. The normalized spacial score (nSPS) is 10.7. The Morgan fingerprint density at radius 2 is 1.65 bits per heavy atom. The third-order valence-corrected chi connectivity index (χ3v) is 2.45. The minimum atomic E-state index is 1.09. The lowest BCUT2D eigenvalue weighted by atomic mass is 10.2. The van der Waals surface area contributed by atoms with Crippen molar-refractivity contribution in [1.82, 2.24) is 0 Å². The number of benzene rings is 1. The van der Waals surface area contributed by atoms with Gasteiger partial charge in [0.1, 0.15) is 6.21 Å². The van der Waals surface area contributed by atoms with Crippen LogP contribution in [0.25, 0.3) is 0 Å². The van der Waals surface area contributed by atoms with Gasteiger partial charge in [-0.1, -0.05) is 22.9 Å². The van der Waals surface area contributed by atoms with Crippen LogP contribution in [0, 0.1) is 0 Å². The molecule has 2 rings (SSSR count). The number of aromatic nitrogens is 1. The molecule has 1 heterocycles. The molecule has 0 fully saturated rings. The first-order chi connectivity index (χ1) is 8.25. The second kappa shape index (κ2) is 5.25. The van der Waals surface area contributed by atoms with Crippen molar-refractivity contribution < 1.29 is 4.68 Å². The Bertz CT molecular complexity index is 487. The van der Waals surface area contributed by atoms with E-state index in [0.717, 1.165) is 5.56 Å². The zero-order chi connectivity index (χ0) is 12.1. The molecule has 17 heavy (non-hydrogen) atoms. The smallest absolute Gasteiger partial charge is 0.202 e. The Morgan fingerprint density at radius 3 is 2.24 bits per heavy atom. The van der Waals surface area contributed by atoms with Gasteiger partial charge in [0.2, 0.25) is 12.4 Å². The van der Waals surface area contributed by atoms with Crippen molar-refractivity contribution in [3.63, 3.8) is 0 Å². The van der Waals surface area contributed by atoms with Crippen LogP contribution in [-0.2, 0) is 0 Å². The van der Waals surface area contributed by atoms with Crippen LogP contribution in [0.1, 0.15) is 5.56 Å². The van der Waals surface area contributed by atoms with Gasteiger partial charge in [0.05, 0.1) is 0 Å². The van der Waals surface area contributed by atoms with Gasteiger partial charge >= 0.3 is 0 Å². The third kappa shape index (κ3) is 3.14. The first-order valence-electron chi connectivity index (χ1n) is 5.54. The van der Waals surface area contributed by atoms with Crippen LogP contribution in [-0.4, -0.2) is 20.3 Å². The largest absolute Gasteiger partial charge is 0.378 e. The molecule has 0 aliphatic rings. The molecule has 0 spiro atoms. The number of hydrogen-bond donors (Lipinski definition) is 0. The van der Waals surface area contributed by atoms with Crippen molar-refractivity contribution in [2.45, 2.75) is 0 Å². The lowest BCUT2D eigenvalue weighted by molar-refractivity contribution is -0.678. The average molecular weight is 226 g/mol. The van der Waals surface area contributed by atoms with E-state index in [1.165, 1.54) is 5.69 Å². The molecular weight excluding hydrogens is 210 g/mol. The van der Waals surface area contributed by atoms with Gasteiger partial charge in [-0.05, 0) is 22.8 Å².